The van der Waals surface area contributed by atoms with Crippen LogP contribution in [0.5, 0.6) is 0 Å². The highest BCUT2D eigenvalue weighted by Gasteiger charge is 2.16. The molecule has 0 bridgehead atoms. The van der Waals surface area contributed by atoms with Crippen molar-refractivity contribution < 1.29 is 4.42 Å². The summed E-state index contributed by atoms with van der Waals surface area (Å²) in [4.78, 5) is 0.917. The third-order valence-electron chi connectivity index (χ3n) is 2.05. The molecule has 1 atom stereocenters. The van der Waals surface area contributed by atoms with Crippen LogP contribution in [0, 0.1) is 0 Å². The van der Waals surface area contributed by atoms with Gasteiger partial charge < -0.3 is 10.2 Å². The van der Waals surface area contributed by atoms with Crippen LogP contribution in [-0.4, -0.2) is 10.2 Å². The van der Waals surface area contributed by atoms with Crippen molar-refractivity contribution >= 4 is 43.2 Å². The van der Waals surface area contributed by atoms with Crippen molar-refractivity contribution in [2.75, 3.05) is 0 Å². The maximum atomic E-state index is 5.81. The summed E-state index contributed by atoms with van der Waals surface area (Å²) in [6.45, 7) is 1.98. The Kier molecular flexibility index (Phi) is 3.78. The average molecular weight is 367 g/mol. The molecule has 2 heterocycles. The molecular weight excluding hydrogens is 358 g/mol. The van der Waals surface area contributed by atoms with Crippen molar-refractivity contribution in [3.8, 4) is 10.8 Å². The normalized spacial score (nSPS) is 13.0. The third-order valence-corrected chi connectivity index (χ3v) is 5.30. The van der Waals surface area contributed by atoms with Gasteiger partial charge in [0.1, 0.15) is 0 Å². The number of halogens is 2. The number of hydrogen-bond donors (Lipinski definition) is 1. The Balaban J connectivity index is 2.31. The molecule has 0 aliphatic heterocycles. The lowest BCUT2D eigenvalue weighted by Crippen LogP contribution is -2.08. The Labute approximate surface area is 114 Å². The van der Waals surface area contributed by atoms with Gasteiger partial charge in [-0.05, 0) is 44.3 Å². The molecule has 0 aliphatic carbocycles. The highest BCUT2D eigenvalue weighted by atomic mass is 79.9. The third kappa shape index (κ3) is 2.37. The molecule has 0 saturated heterocycles. The predicted octanol–water partition coefficient (Wildman–Crippen LogP) is 3.73. The van der Waals surface area contributed by atoms with E-state index < -0.39 is 0 Å². The number of thiophene rings is 1. The highest BCUT2D eigenvalue weighted by Crippen LogP contribution is 2.37. The van der Waals surface area contributed by atoms with Gasteiger partial charge in [-0.3, -0.25) is 0 Å². The van der Waals surface area contributed by atoms with Crippen LogP contribution in [0.25, 0.3) is 10.8 Å². The molecular formula is C9H9Br2N3OS. The summed E-state index contributed by atoms with van der Waals surface area (Å²) in [6, 6.07) is 1.75. The molecule has 1 unspecified atom stereocenters. The molecule has 2 aromatic rings. The van der Waals surface area contributed by atoms with E-state index >= 15 is 0 Å². The van der Waals surface area contributed by atoms with Crippen molar-refractivity contribution in [3.05, 3.63) is 20.2 Å². The van der Waals surface area contributed by atoms with Gasteiger partial charge in [0, 0.05) is 4.47 Å². The zero-order chi connectivity index (χ0) is 11.7. The van der Waals surface area contributed by atoms with E-state index in [1.807, 2.05) is 13.0 Å². The summed E-state index contributed by atoms with van der Waals surface area (Å²) < 4.78 is 7.49. The first-order valence-corrected chi connectivity index (χ1v) is 7.06. The highest BCUT2D eigenvalue weighted by molar-refractivity contribution is 9.13. The molecule has 0 aliphatic rings. The quantitative estimate of drug-likeness (QED) is 0.898. The predicted molar refractivity (Wildman–Crippen MR) is 70.2 cm³/mol. The van der Waals surface area contributed by atoms with Crippen molar-refractivity contribution in [2.45, 2.75) is 19.4 Å². The van der Waals surface area contributed by atoms with Crippen LogP contribution in [0.15, 0.2) is 18.7 Å². The number of hydrogen-bond acceptors (Lipinski definition) is 5. The van der Waals surface area contributed by atoms with E-state index in [1.165, 1.54) is 11.3 Å². The average Bonchev–Trinajstić information content (AvgIpc) is 2.86. The Hall–Kier alpha value is -0.240. The minimum atomic E-state index is -0.187. The minimum Gasteiger partial charge on any atom is -0.418 e. The van der Waals surface area contributed by atoms with E-state index in [1.54, 1.807) is 0 Å². The van der Waals surface area contributed by atoms with E-state index in [9.17, 15) is 0 Å². The fourth-order valence-electron chi connectivity index (χ4n) is 1.11. The standard InChI is InChI=1S/C9H9Br2N3OS/c1-2-5(12)8-13-14-9(15-8)6-3-4(10)7(11)16-6/h3,5H,2,12H2,1H3. The molecule has 0 radical (unpaired) electrons. The van der Waals surface area contributed by atoms with Crippen molar-refractivity contribution in [3.63, 3.8) is 0 Å². The van der Waals surface area contributed by atoms with Crippen molar-refractivity contribution in [2.24, 2.45) is 5.73 Å². The molecule has 0 spiro atoms. The van der Waals surface area contributed by atoms with Crippen molar-refractivity contribution in [1.82, 2.24) is 10.2 Å². The van der Waals surface area contributed by atoms with Crippen molar-refractivity contribution in [1.29, 1.82) is 0 Å². The molecule has 2 rings (SSSR count). The fraction of sp³-hybridized carbons (Fsp3) is 0.333. The van der Waals surface area contributed by atoms with Gasteiger partial charge in [-0.25, -0.2) is 0 Å². The maximum Gasteiger partial charge on any atom is 0.257 e. The Bertz CT molecular complexity index is 477. The zero-order valence-electron chi connectivity index (χ0n) is 8.41. The lowest BCUT2D eigenvalue weighted by Gasteiger charge is -1.99. The first-order chi connectivity index (χ1) is 7.61. The maximum absolute atomic E-state index is 5.81. The van der Waals surface area contributed by atoms with Crippen LogP contribution >= 0.6 is 43.2 Å². The molecule has 16 heavy (non-hydrogen) atoms. The van der Waals surface area contributed by atoms with Crippen LogP contribution < -0.4 is 5.73 Å². The van der Waals surface area contributed by atoms with Crippen LogP contribution in [0.3, 0.4) is 0 Å². The molecule has 0 amide bonds. The summed E-state index contributed by atoms with van der Waals surface area (Å²) in [7, 11) is 0. The summed E-state index contributed by atoms with van der Waals surface area (Å²) in [5, 5.41) is 7.92. The number of nitrogens with two attached hydrogens (primary N) is 1. The fourth-order valence-corrected chi connectivity index (χ4v) is 3.07. The van der Waals surface area contributed by atoms with Crippen LogP contribution in [0.4, 0.5) is 0 Å². The van der Waals surface area contributed by atoms with E-state index in [2.05, 4.69) is 42.1 Å². The van der Waals surface area contributed by atoms with Gasteiger partial charge in [0.25, 0.3) is 5.89 Å². The zero-order valence-corrected chi connectivity index (χ0v) is 12.4. The molecule has 2 aromatic heterocycles. The molecule has 0 aromatic carbocycles. The van der Waals surface area contributed by atoms with E-state index in [0.717, 1.165) is 19.6 Å². The SMILES string of the molecule is CCC(N)c1nnc(-c2cc(Br)c(Br)s2)o1. The van der Waals surface area contributed by atoms with E-state index in [-0.39, 0.29) is 6.04 Å². The number of nitrogens with zero attached hydrogens (tertiary/aromatic N) is 2. The van der Waals surface area contributed by atoms with Crippen LogP contribution in [0.1, 0.15) is 25.3 Å². The minimum absolute atomic E-state index is 0.187. The molecule has 86 valence electrons. The van der Waals surface area contributed by atoms with Crippen LogP contribution in [-0.2, 0) is 0 Å². The summed E-state index contributed by atoms with van der Waals surface area (Å²) in [5.41, 5.74) is 5.81. The number of rotatable bonds is 3. The van der Waals surface area contributed by atoms with Gasteiger partial charge >= 0.3 is 0 Å². The molecule has 7 heteroatoms. The Morgan fingerprint density at radius 3 is 2.81 bits per heavy atom. The first kappa shape index (κ1) is 12.2. The van der Waals surface area contributed by atoms with Gasteiger partial charge in [-0.15, -0.1) is 21.5 Å². The van der Waals surface area contributed by atoms with E-state index in [0.29, 0.717) is 11.8 Å². The monoisotopic (exact) mass is 365 g/mol. The number of aromatic nitrogens is 2. The van der Waals surface area contributed by atoms with Gasteiger partial charge in [0.2, 0.25) is 5.89 Å². The summed E-state index contributed by atoms with van der Waals surface area (Å²) in [6.07, 6.45) is 0.777. The van der Waals surface area contributed by atoms with Gasteiger partial charge in [-0.2, -0.15) is 0 Å². The van der Waals surface area contributed by atoms with Gasteiger partial charge in [-0.1, -0.05) is 6.92 Å². The topological polar surface area (TPSA) is 64.9 Å². The molecule has 4 nitrogen and oxygen atoms in total. The largest absolute Gasteiger partial charge is 0.418 e. The Morgan fingerprint density at radius 2 is 2.25 bits per heavy atom. The smallest absolute Gasteiger partial charge is 0.257 e. The van der Waals surface area contributed by atoms with Gasteiger partial charge in [0.05, 0.1) is 14.7 Å². The Morgan fingerprint density at radius 1 is 1.50 bits per heavy atom. The second kappa shape index (κ2) is 4.95. The lowest BCUT2D eigenvalue weighted by molar-refractivity contribution is 0.453. The van der Waals surface area contributed by atoms with E-state index in [4.69, 9.17) is 10.2 Å². The molecule has 0 saturated carbocycles. The molecule has 0 fully saturated rings. The molecule has 2 N–H and O–H groups in total. The summed E-state index contributed by atoms with van der Waals surface area (Å²) >= 11 is 8.36. The lowest BCUT2D eigenvalue weighted by atomic mass is 10.2. The second-order valence-electron chi connectivity index (χ2n) is 3.19. The second-order valence-corrected chi connectivity index (χ2v) is 6.42. The summed E-state index contributed by atoms with van der Waals surface area (Å²) in [5.74, 6) is 0.994. The first-order valence-electron chi connectivity index (χ1n) is 4.66. The van der Waals surface area contributed by atoms with Gasteiger partial charge in [0.15, 0.2) is 0 Å². The van der Waals surface area contributed by atoms with Crippen LogP contribution in [0.2, 0.25) is 0 Å².